The third-order valence-corrected chi connectivity index (χ3v) is 3.28. The van der Waals surface area contributed by atoms with Gasteiger partial charge >= 0.3 is 18.2 Å². The second-order valence-electron chi connectivity index (χ2n) is 4.64. The van der Waals surface area contributed by atoms with Gasteiger partial charge in [0.15, 0.2) is 0 Å². The first kappa shape index (κ1) is 15.1. The molecule has 0 spiro atoms. The number of cyclic esters (lactones) is 1. The first-order valence-electron chi connectivity index (χ1n) is 6.07. The van der Waals surface area contributed by atoms with Crippen LogP contribution in [0, 0.1) is 0 Å². The maximum absolute atomic E-state index is 12.7. The van der Waals surface area contributed by atoms with E-state index in [0.717, 1.165) is 17.0 Å². The molecule has 1 heterocycles. The summed E-state index contributed by atoms with van der Waals surface area (Å²) < 4.78 is 42.9. The van der Waals surface area contributed by atoms with E-state index >= 15 is 0 Å². The van der Waals surface area contributed by atoms with Crippen molar-refractivity contribution < 1.29 is 32.6 Å². The van der Waals surface area contributed by atoms with Crippen LogP contribution in [0.5, 0.6) is 0 Å². The predicted octanol–water partition coefficient (Wildman–Crippen LogP) is 2.67. The van der Waals surface area contributed by atoms with Crippen molar-refractivity contribution >= 4 is 12.1 Å². The minimum atomic E-state index is -4.51. The molecule has 1 fully saturated rings. The van der Waals surface area contributed by atoms with Gasteiger partial charge in [-0.2, -0.15) is 13.2 Å². The van der Waals surface area contributed by atoms with Gasteiger partial charge < -0.3 is 9.84 Å². The van der Waals surface area contributed by atoms with Crippen molar-refractivity contribution in [2.75, 3.05) is 6.61 Å². The summed E-state index contributed by atoms with van der Waals surface area (Å²) in [6.45, 7) is 1.09. The Labute approximate surface area is 117 Å². The van der Waals surface area contributed by atoms with Crippen LogP contribution >= 0.6 is 0 Å². The topological polar surface area (TPSA) is 66.8 Å². The molecule has 1 aliphatic rings. The van der Waals surface area contributed by atoms with E-state index in [-0.39, 0.29) is 12.2 Å². The zero-order chi connectivity index (χ0) is 15.8. The van der Waals surface area contributed by atoms with Gasteiger partial charge in [-0.1, -0.05) is 12.1 Å². The van der Waals surface area contributed by atoms with E-state index < -0.39 is 35.9 Å². The predicted molar refractivity (Wildman–Crippen MR) is 64.5 cm³/mol. The maximum Gasteiger partial charge on any atom is 0.416 e. The Morgan fingerprint density at radius 1 is 1.48 bits per heavy atom. The van der Waals surface area contributed by atoms with Crippen molar-refractivity contribution in [2.45, 2.75) is 25.2 Å². The van der Waals surface area contributed by atoms with E-state index in [0.29, 0.717) is 0 Å². The van der Waals surface area contributed by atoms with Gasteiger partial charge in [0, 0.05) is 0 Å². The Balaban J connectivity index is 2.36. The van der Waals surface area contributed by atoms with Gasteiger partial charge in [0.05, 0.1) is 11.6 Å². The summed E-state index contributed by atoms with van der Waals surface area (Å²) in [4.78, 5) is 23.5. The van der Waals surface area contributed by atoms with Crippen LogP contribution in [0.4, 0.5) is 18.0 Å². The third kappa shape index (κ3) is 2.93. The standard InChI is InChI=1S/C13H12F3NO4/c1-7(11(18)19)17-10(6-21-12(17)20)8-3-2-4-9(5-8)13(14,15)16/h2-5,7,10H,6H2,1H3,(H,18,19). The molecule has 2 atom stereocenters. The maximum atomic E-state index is 12.7. The molecule has 5 nitrogen and oxygen atoms in total. The molecular weight excluding hydrogens is 291 g/mol. The van der Waals surface area contributed by atoms with Gasteiger partial charge in [0.25, 0.3) is 0 Å². The van der Waals surface area contributed by atoms with E-state index in [4.69, 9.17) is 9.84 Å². The Hall–Kier alpha value is -2.25. The number of hydrogen-bond acceptors (Lipinski definition) is 3. The lowest BCUT2D eigenvalue weighted by molar-refractivity contribution is -0.142. The lowest BCUT2D eigenvalue weighted by Gasteiger charge is -2.25. The van der Waals surface area contributed by atoms with Crippen LogP contribution in [-0.2, 0) is 15.7 Å². The van der Waals surface area contributed by atoms with Crippen LogP contribution in [0.1, 0.15) is 24.1 Å². The Morgan fingerprint density at radius 2 is 2.14 bits per heavy atom. The normalized spacial score (nSPS) is 20.3. The van der Waals surface area contributed by atoms with Gasteiger partial charge in [0.1, 0.15) is 12.6 Å². The van der Waals surface area contributed by atoms with Crippen molar-refractivity contribution in [2.24, 2.45) is 0 Å². The van der Waals surface area contributed by atoms with E-state index in [1.54, 1.807) is 0 Å². The average molecular weight is 303 g/mol. The molecule has 0 radical (unpaired) electrons. The Bertz CT molecular complexity index is 573. The minimum Gasteiger partial charge on any atom is -0.480 e. The molecule has 1 amide bonds. The molecule has 2 rings (SSSR count). The van der Waals surface area contributed by atoms with Gasteiger partial charge in [-0.15, -0.1) is 0 Å². The number of alkyl halides is 3. The largest absolute Gasteiger partial charge is 0.480 e. The summed E-state index contributed by atoms with van der Waals surface area (Å²) in [5.74, 6) is -1.26. The van der Waals surface area contributed by atoms with Crippen molar-refractivity contribution in [1.82, 2.24) is 4.90 Å². The van der Waals surface area contributed by atoms with Crippen molar-refractivity contribution in [1.29, 1.82) is 0 Å². The number of carbonyl (C=O) groups excluding carboxylic acids is 1. The molecule has 0 bridgehead atoms. The number of hydrogen-bond donors (Lipinski definition) is 1. The van der Waals surface area contributed by atoms with E-state index in [1.165, 1.54) is 19.1 Å². The molecule has 0 aliphatic carbocycles. The fourth-order valence-corrected chi connectivity index (χ4v) is 2.16. The Morgan fingerprint density at radius 3 is 2.71 bits per heavy atom. The number of carboxylic acids is 1. The van der Waals surface area contributed by atoms with Crippen molar-refractivity contribution in [3.8, 4) is 0 Å². The molecule has 0 saturated carbocycles. The molecule has 1 saturated heterocycles. The second kappa shape index (κ2) is 5.27. The molecule has 8 heteroatoms. The zero-order valence-electron chi connectivity index (χ0n) is 10.9. The number of nitrogens with zero attached hydrogens (tertiary/aromatic N) is 1. The van der Waals surface area contributed by atoms with Gasteiger partial charge in [-0.25, -0.2) is 9.59 Å². The highest BCUT2D eigenvalue weighted by atomic mass is 19.4. The summed E-state index contributed by atoms with van der Waals surface area (Å²) >= 11 is 0. The molecule has 114 valence electrons. The summed E-state index contributed by atoms with van der Waals surface area (Å²) in [6, 6.07) is 2.37. The highest BCUT2D eigenvalue weighted by Crippen LogP contribution is 2.34. The van der Waals surface area contributed by atoms with Crippen LogP contribution in [0.15, 0.2) is 24.3 Å². The number of carbonyl (C=O) groups is 2. The number of halogens is 3. The number of rotatable bonds is 3. The second-order valence-corrected chi connectivity index (χ2v) is 4.64. The fourth-order valence-electron chi connectivity index (χ4n) is 2.16. The molecule has 1 aliphatic heterocycles. The molecular formula is C13H12F3NO4. The van der Waals surface area contributed by atoms with E-state index in [1.807, 2.05) is 0 Å². The third-order valence-electron chi connectivity index (χ3n) is 3.28. The number of carboxylic acid groups (broad SMARTS) is 1. The van der Waals surface area contributed by atoms with Gasteiger partial charge in [-0.05, 0) is 24.6 Å². The molecule has 1 aromatic carbocycles. The molecule has 21 heavy (non-hydrogen) atoms. The van der Waals surface area contributed by atoms with Crippen LogP contribution in [-0.4, -0.2) is 34.7 Å². The number of benzene rings is 1. The molecule has 0 aromatic heterocycles. The first-order chi connectivity index (χ1) is 9.71. The highest BCUT2D eigenvalue weighted by Gasteiger charge is 2.41. The molecule has 2 unspecified atom stereocenters. The quantitative estimate of drug-likeness (QED) is 0.932. The zero-order valence-corrected chi connectivity index (χ0v) is 10.9. The lowest BCUT2D eigenvalue weighted by atomic mass is 10.0. The first-order valence-corrected chi connectivity index (χ1v) is 6.07. The number of ether oxygens (including phenoxy) is 1. The minimum absolute atomic E-state index is 0.183. The highest BCUT2D eigenvalue weighted by molar-refractivity contribution is 5.81. The number of amides is 1. The molecule has 1 N–H and O–H groups in total. The average Bonchev–Trinajstić information content (AvgIpc) is 2.78. The lowest BCUT2D eigenvalue weighted by Crippen LogP contribution is -2.41. The van der Waals surface area contributed by atoms with Crippen molar-refractivity contribution in [3.05, 3.63) is 35.4 Å². The van der Waals surface area contributed by atoms with E-state index in [2.05, 4.69) is 0 Å². The van der Waals surface area contributed by atoms with Crippen LogP contribution < -0.4 is 0 Å². The number of aliphatic carboxylic acids is 1. The molecule has 1 aromatic rings. The summed E-state index contributed by atoms with van der Waals surface area (Å²) in [5.41, 5.74) is -0.675. The smallest absolute Gasteiger partial charge is 0.416 e. The van der Waals surface area contributed by atoms with Crippen LogP contribution in [0.25, 0.3) is 0 Å². The van der Waals surface area contributed by atoms with Crippen LogP contribution in [0.2, 0.25) is 0 Å². The van der Waals surface area contributed by atoms with E-state index in [9.17, 15) is 22.8 Å². The fraction of sp³-hybridized carbons (Fsp3) is 0.385. The van der Waals surface area contributed by atoms with Crippen molar-refractivity contribution in [3.63, 3.8) is 0 Å². The van der Waals surface area contributed by atoms with Gasteiger partial charge in [-0.3, -0.25) is 4.90 Å². The van der Waals surface area contributed by atoms with Crippen LogP contribution in [0.3, 0.4) is 0 Å². The van der Waals surface area contributed by atoms with Gasteiger partial charge in [0.2, 0.25) is 0 Å². The summed E-state index contributed by atoms with van der Waals surface area (Å²) in [7, 11) is 0. The SMILES string of the molecule is CC(C(=O)O)N1C(=O)OCC1c1cccc(C(F)(F)F)c1. The summed E-state index contributed by atoms with van der Waals surface area (Å²) in [6.07, 6.45) is -5.37. The summed E-state index contributed by atoms with van der Waals surface area (Å²) in [5, 5.41) is 8.98. The Kier molecular flexibility index (Phi) is 3.80. The monoisotopic (exact) mass is 303 g/mol.